The zero-order valence-corrected chi connectivity index (χ0v) is 38.2. The molecular formula is C68H43NO. The van der Waals surface area contributed by atoms with Crippen LogP contribution in [0.15, 0.2) is 265 Å². The second-order valence-corrected chi connectivity index (χ2v) is 19.0. The van der Waals surface area contributed by atoms with Crippen molar-refractivity contribution in [3.05, 3.63) is 305 Å². The van der Waals surface area contributed by atoms with Crippen molar-refractivity contribution in [2.24, 2.45) is 0 Å². The van der Waals surface area contributed by atoms with Crippen LogP contribution in [0.5, 0.6) is 0 Å². The zero-order valence-electron chi connectivity index (χ0n) is 38.2. The first-order chi connectivity index (χ1) is 34.7. The summed E-state index contributed by atoms with van der Waals surface area (Å²) in [4.78, 5) is 2.53. The Morgan fingerprint density at radius 2 is 0.771 bits per heavy atom. The molecule has 3 aliphatic rings. The first-order valence-electron chi connectivity index (χ1n) is 24.3. The van der Waals surface area contributed by atoms with Crippen LogP contribution >= 0.6 is 0 Å². The van der Waals surface area contributed by atoms with E-state index >= 15 is 0 Å². The number of fused-ring (bicyclic) bond motifs is 16. The fourth-order valence-corrected chi connectivity index (χ4v) is 13.0. The quantitative estimate of drug-likeness (QED) is 0.165. The predicted molar refractivity (Wildman–Crippen MR) is 287 cm³/mol. The Hall–Kier alpha value is -8.98. The normalized spacial score (nSPS) is 13.9. The van der Waals surface area contributed by atoms with Crippen molar-refractivity contribution < 1.29 is 4.42 Å². The van der Waals surface area contributed by atoms with Gasteiger partial charge in [0, 0.05) is 27.7 Å². The number of hydrogen-bond acceptors (Lipinski definition) is 2. The Labute approximate surface area is 407 Å². The molecule has 0 radical (unpaired) electrons. The molecule has 2 nitrogen and oxygen atoms in total. The molecule has 0 fully saturated rings. The molecule has 0 saturated heterocycles. The van der Waals surface area contributed by atoms with Crippen molar-refractivity contribution >= 4 is 39.0 Å². The summed E-state index contributed by atoms with van der Waals surface area (Å²) in [6.07, 6.45) is 0. The van der Waals surface area contributed by atoms with Gasteiger partial charge in [0.25, 0.3) is 0 Å². The standard InChI is InChI=1S/C68H43NO/c1-3-18-46(19-4-1)67(47-20-5-2-6-21-47)57-27-12-7-24-52(57)53-41-39-49(43-62(53)67)69(48-37-34-44(35-38-48)45-36-40-55-54-25-11-16-33-64(54)70-65(55)42-45)63-32-17-31-61-66(63)56-26-10-15-30-60(56)68(61)58-28-13-8-22-50(58)51-23-9-14-29-59(51)68/h1-43H. The molecule has 0 amide bonds. The third kappa shape index (κ3) is 5.17. The maximum Gasteiger partial charge on any atom is 0.136 e. The van der Waals surface area contributed by atoms with Crippen LogP contribution in [0.4, 0.5) is 17.1 Å². The first kappa shape index (κ1) is 39.1. The van der Waals surface area contributed by atoms with Gasteiger partial charge in [-0.3, -0.25) is 0 Å². The van der Waals surface area contributed by atoms with Gasteiger partial charge in [-0.25, -0.2) is 0 Å². The number of furan rings is 1. The number of nitrogens with zero attached hydrogens (tertiary/aromatic N) is 1. The van der Waals surface area contributed by atoms with Gasteiger partial charge in [-0.15, -0.1) is 0 Å². The van der Waals surface area contributed by atoms with Crippen LogP contribution in [-0.2, 0) is 10.8 Å². The number of benzene rings is 11. The van der Waals surface area contributed by atoms with Crippen molar-refractivity contribution in [2.45, 2.75) is 10.8 Å². The molecule has 11 aromatic carbocycles. The second kappa shape index (κ2) is 14.8. The third-order valence-electron chi connectivity index (χ3n) is 15.8. The lowest BCUT2D eigenvalue weighted by Gasteiger charge is -2.35. The summed E-state index contributed by atoms with van der Waals surface area (Å²) in [5.41, 5.74) is 24.3. The first-order valence-corrected chi connectivity index (χ1v) is 24.3. The summed E-state index contributed by atoms with van der Waals surface area (Å²) in [6.45, 7) is 0. The van der Waals surface area contributed by atoms with Gasteiger partial charge in [0.15, 0.2) is 0 Å². The third-order valence-corrected chi connectivity index (χ3v) is 15.8. The van der Waals surface area contributed by atoms with E-state index in [4.69, 9.17) is 4.42 Å². The minimum atomic E-state index is -0.554. The maximum atomic E-state index is 6.38. The number of para-hydroxylation sites is 1. The Kier molecular flexibility index (Phi) is 8.24. The predicted octanol–water partition coefficient (Wildman–Crippen LogP) is 17.4. The molecule has 0 unspecified atom stereocenters. The fourth-order valence-electron chi connectivity index (χ4n) is 13.0. The average molecular weight is 890 g/mol. The molecule has 0 bridgehead atoms. The molecule has 3 aliphatic carbocycles. The van der Waals surface area contributed by atoms with E-state index in [0.717, 1.165) is 50.1 Å². The van der Waals surface area contributed by atoms with Gasteiger partial charge in [-0.1, -0.05) is 212 Å². The van der Waals surface area contributed by atoms with E-state index in [1.807, 2.05) is 12.1 Å². The van der Waals surface area contributed by atoms with Gasteiger partial charge in [0.05, 0.1) is 16.5 Å². The van der Waals surface area contributed by atoms with E-state index in [1.54, 1.807) is 0 Å². The van der Waals surface area contributed by atoms with Gasteiger partial charge in [-0.2, -0.15) is 0 Å². The molecule has 70 heavy (non-hydrogen) atoms. The molecular weight excluding hydrogens is 847 g/mol. The van der Waals surface area contributed by atoms with Crippen molar-refractivity contribution in [3.8, 4) is 44.5 Å². The lowest BCUT2D eigenvalue weighted by Crippen LogP contribution is -2.28. The Morgan fingerprint density at radius 1 is 0.286 bits per heavy atom. The fraction of sp³-hybridized carbons (Fsp3) is 0.0294. The number of rotatable bonds is 6. The largest absolute Gasteiger partial charge is 0.456 e. The molecule has 0 atom stereocenters. The maximum absolute atomic E-state index is 6.38. The van der Waals surface area contributed by atoms with Crippen LogP contribution in [0.2, 0.25) is 0 Å². The average Bonchev–Trinajstić information content (AvgIpc) is 4.15. The van der Waals surface area contributed by atoms with Crippen LogP contribution in [0.3, 0.4) is 0 Å². The summed E-state index contributed by atoms with van der Waals surface area (Å²) in [5.74, 6) is 0. The number of hydrogen-bond donors (Lipinski definition) is 0. The minimum absolute atomic E-state index is 0.477. The Morgan fingerprint density at radius 3 is 1.43 bits per heavy atom. The number of anilines is 3. The van der Waals surface area contributed by atoms with Crippen molar-refractivity contribution in [1.29, 1.82) is 0 Å². The van der Waals surface area contributed by atoms with E-state index in [9.17, 15) is 0 Å². The molecule has 15 rings (SSSR count). The molecule has 2 heteroatoms. The highest BCUT2D eigenvalue weighted by molar-refractivity contribution is 6.06. The van der Waals surface area contributed by atoms with Crippen LogP contribution in [0, 0.1) is 0 Å². The van der Waals surface area contributed by atoms with Crippen molar-refractivity contribution in [2.75, 3.05) is 4.90 Å². The highest BCUT2D eigenvalue weighted by Gasteiger charge is 2.52. The van der Waals surface area contributed by atoms with Crippen LogP contribution in [0.1, 0.15) is 44.5 Å². The van der Waals surface area contributed by atoms with E-state index in [2.05, 4.69) is 254 Å². The molecule has 1 spiro atoms. The molecule has 326 valence electrons. The monoisotopic (exact) mass is 889 g/mol. The van der Waals surface area contributed by atoms with Gasteiger partial charge >= 0.3 is 0 Å². The molecule has 0 aliphatic heterocycles. The van der Waals surface area contributed by atoms with E-state index in [-0.39, 0.29) is 0 Å². The Balaban J connectivity index is 0.988. The highest BCUT2D eigenvalue weighted by Crippen LogP contribution is 2.65. The lowest BCUT2D eigenvalue weighted by molar-refractivity contribution is 0.669. The van der Waals surface area contributed by atoms with Gasteiger partial charge in [0.1, 0.15) is 11.2 Å². The lowest BCUT2D eigenvalue weighted by atomic mass is 9.67. The van der Waals surface area contributed by atoms with Gasteiger partial charge in [-0.05, 0) is 132 Å². The molecule has 0 saturated carbocycles. The zero-order chi connectivity index (χ0) is 46.0. The second-order valence-electron chi connectivity index (χ2n) is 19.0. The van der Waals surface area contributed by atoms with Crippen molar-refractivity contribution in [1.82, 2.24) is 0 Å². The summed E-state index contributed by atoms with van der Waals surface area (Å²) in [5, 5.41) is 2.27. The minimum Gasteiger partial charge on any atom is -0.456 e. The van der Waals surface area contributed by atoms with E-state index in [1.165, 1.54) is 77.9 Å². The SMILES string of the molecule is c1ccc(C2(c3ccccc3)c3ccccc3-c3ccc(N(c4ccc(-c5ccc6c(c5)oc5ccccc56)cc4)c4cccc5c4-c4ccccc4C54c5ccccc5-c5ccccc54)cc32)cc1. The van der Waals surface area contributed by atoms with Gasteiger partial charge < -0.3 is 9.32 Å². The Bertz CT molecular complexity index is 3980. The molecule has 12 aromatic rings. The summed E-state index contributed by atoms with van der Waals surface area (Å²) < 4.78 is 6.38. The van der Waals surface area contributed by atoms with Gasteiger partial charge in [0.2, 0.25) is 0 Å². The molecule has 1 heterocycles. The summed E-state index contributed by atoms with van der Waals surface area (Å²) in [6, 6.07) is 96.8. The van der Waals surface area contributed by atoms with Crippen LogP contribution in [-0.4, -0.2) is 0 Å². The van der Waals surface area contributed by atoms with Crippen molar-refractivity contribution in [3.63, 3.8) is 0 Å². The smallest absolute Gasteiger partial charge is 0.136 e. The van der Waals surface area contributed by atoms with Crippen LogP contribution in [0.25, 0.3) is 66.4 Å². The molecule has 1 aromatic heterocycles. The summed E-state index contributed by atoms with van der Waals surface area (Å²) in [7, 11) is 0. The van der Waals surface area contributed by atoms with Crippen LogP contribution < -0.4 is 4.90 Å². The molecule has 0 N–H and O–H groups in total. The summed E-state index contributed by atoms with van der Waals surface area (Å²) >= 11 is 0. The topological polar surface area (TPSA) is 16.4 Å². The highest BCUT2D eigenvalue weighted by atomic mass is 16.3. The van der Waals surface area contributed by atoms with E-state index < -0.39 is 10.8 Å². The van der Waals surface area contributed by atoms with E-state index in [0.29, 0.717) is 0 Å².